The van der Waals surface area contributed by atoms with Gasteiger partial charge in [0.25, 0.3) is 5.91 Å². The van der Waals surface area contributed by atoms with Crippen molar-refractivity contribution in [1.82, 2.24) is 9.21 Å². The van der Waals surface area contributed by atoms with Crippen LogP contribution in [0.15, 0.2) is 47.4 Å². The fourth-order valence-electron chi connectivity index (χ4n) is 2.72. The summed E-state index contributed by atoms with van der Waals surface area (Å²) in [7, 11) is 0.524. The number of nitrogens with zero attached hydrogens (tertiary/aromatic N) is 2. The molecule has 0 aliphatic carbocycles. The number of carbonyl (C=O) groups is 2. The van der Waals surface area contributed by atoms with Crippen LogP contribution in [-0.4, -0.2) is 75.5 Å². The van der Waals surface area contributed by atoms with Crippen molar-refractivity contribution in [2.24, 2.45) is 0 Å². The summed E-state index contributed by atoms with van der Waals surface area (Å²) >= 11 is 5.95. The Morgan fingerprint density at radius 1 is 1.12 bits per heavy atom. The fourth-order valence-corrected chi connectivity index (χ4v) is 3.86. The second-order valence-electron chi connectivity index (χ2n) is 7.10. The largest absolute Gasteiger partial charge is 0.452 e. The van der Waals surface area contributed by atoms with Crippen LogP contribution in [0.4, 0.5) is 5.69 Å². The first-order chi connectivity index (χ1) is 15.1. The highest BCUT2D eigenvalue weighted by atomic mass is 35.5. The molecule has 11 heteroatoms. The van der Waals surface area contributed by atoms with Crippen molar-refractivity contribution in [2.45, 2.75) is 11.4 Å². The zero-order valence-corrected chi connectivity index (χ0v) is 19.6. The number of aliphatic hydroxyl groups excluding tert-OH is 1. The number of carbonyl (C=O) groups excluding carboxylic acids is 2. The van der Waals surface area contributed by atoms with Crippen LogP contribution in [0.25, 0.3) is 0 Å². The number of rotatable bonds is 10. The molecule has 2 aromatic rings. The molecule has 0 aliphatic heterocycles. The summed E-state index contributed by atoms with van der Waals surface area (Å²) in [6, 6.07) is 11.0. The minimum Gasteiger partial charge on any atom is -0.452 e. The Kier molecular flexibility index (Phi) is 9.02. The Bertz CT molecular complexity index is 1070. The van der Waals surface area contributed by atoms with Gasteiger partial charge in [-0.1, -0.05) is 23.7 Å². The predicted molar refractivity (Wildman–Crippen MR) is 121 cm³/mol. The molecule has 2 N–H and O–H groups in total. The van der Waals surface area contributed by atoms with Gasteiger partial charge in [-0.3, -0.25) is 4.79 Å². The average molecular weight is 484 g/mol. The SMILES string of the molecule is CN(Cc1cccc(Cl)c1)C(=O)COC(=O)c1cc(S(=O)(=O)N(C)C)ccc1NCCO. The lowest BCUT2D eigenvalue weighted by molar-refractivity contribution is -0.133. The molecular weight excluding hydrogens is 458 g/mol. The summed E-state index contributed by atoms with van der Waals surface area (Å²) in [5.41, 5.74) is 1.03. The van der Waals surface area contributed by atoms with Crippen molar-refractivity contribution in [1.29, 1.82) is 0 Å². The van der Waals surface area contributed by atoms with Crippen molar-refractivity contribution in [3.63, 3.8) is 0 Å². The number of sulfonamides is 1. The minimum atomic E-state index is -3.79. The molecule has 0 bridgehead atoms. The van der Waals surface area contributed by atoms with E-state index in [4.69, 9.17) is 21.4 Å². The summed E-state index contributed by atoms with van der Waals surface area (Å²) in [6.45, 7) is -0.308. The third-order valence-corrected chi connectivity index (χ3v) is 6.52. The Labute approximate surface area is 192 Å². The first kappa shape index (κ1) is 25.6. The number of amides is 1. The van der Waals surface area contributed by atoms with E-state index in [0.29, 0.717) is 5.02 Å². The number of anilines is 1. The molecule has 1 amide bonds. The quantitative estimate of drug-likeness (QED) is 0.495. The van der Waals surface area contributed by atoms with Gasteiger partial charge in [-0.2, -0.15) is 0 Å². The van der Waals surface area contributed by atoms with Crippen molar-refractivity contribution in [3.05, 3.63) is 58.6 Å². The zero-order valence-electron chi connectivity index (χ0n) is 18.0. The number of esters is 1. The molecule has 0 fully saturated rings. The monoisotopic (exact) mass is 483 g/mol. The summed E-state index contributed by atoms with van der Waals surface area (Å²) in [6.07, 6.45) is 0. The van der Waals surface area contributed by atoms with Crippen LogP contribution >= 0.6 is 11.6 Å². The van der Waals surface area contributed by atoms with Gasteiger partial charge in [0.15, 0.2) is 6.61 Å². The number of halogens is 1. The van der Waals surface area contributed by atoms with Gasteiger partial charge >= 0.3 is 5.97 Å². The number of hydrogen-bond acceptors (Lipinski definition) is 7. The molecule has 0 radical (unpaired) electrons. The van der Waals surface area contributed by atoms with Crippen LogP contribution in [0, 0.1) is 0 Å². The number of hydrogen-bond donors (Lipinski definition) is 2. The Morgan fingerprint density at radius 2 is 1.84 bits per heavy atom. The third kappa shape index (κ3) is 6.67. The molecule has 0 aromatic heterocycles. The average Bonchev–Trinajstić information content (AvgIpc) is 2.75. The second kappa shape index (κ2) is 11.3. The summed E-state index contributed by atoms with van der Waals surface area (Å²) in [4.78, 5) is 26.4. The minimum absolute atomic E-state index is 0.0633. The van der Waals surface area contributed by atoms with E-state index in [9.17, 15) is 18.0 Å². The van der Waals surface area contributed by atoms with E-state index in [1.54, 1.807) is 25.2 Å². The normalized spacial score (nSPS) is 11.3. The first-order valence-electron chi connectivity index (χ1n) is 9.63. The summed E-state index contributed by atoms with van der Waals surface area (Å²) in [5.74, 6) is -1.31. The lowest BCUT2D eigenvalue weighted by Crippen LogP contribution is -2.31. The maximum absolute atomic E-state index is 12.7. The molecule has 2 rings (SSSR count). The maximum atomic E-state index is 12.7. The molecule has 174 valence electrons. The molecule has 0 atom stereocenters. The molecule has 2 aromatic carbocycles. The third-order valence-electron chi connectivity index (χ3n) is 4.48. The van der Waals surface area contributed by atoms with E-state index < -0.39 is 28.5 Å². The molecule has 0 aliphatic rings. The van der Waals surface area contributed by atoms with E-state index >= 15 is 0 Å². The molecule has 0 heterocycles. The van der Waals surface area contributed by atoms with Gasteiger partial charge in [0.2, 0.25) is 10.0 Å². The highest BCUT2D eigenvalue weighted by Crippen LogP contribution is 2.23. The van der Waals surface area contributed by atoms with Crippen molar-refractivity contribution < 1.29 is 27.9 Å². The van der Waals surface area contributed by atoms with Gasteiger partial charge < -0.3 is 20.1 Å². The van der Waals surface area contributed by atoms with Crippen LogP contribution < -0.4 is 5.32 Å². The lowest BCUT2D eigenvalue weighted by Gasteiger charge is -2.18. The smallest absolute Gasteiger partial charge is 0.340 e. The maximum Gasteiger partial charge on any atom is 0.340 e. The second-order valence-corrected chi connectivity index (χ2v) is 9.69. The summed E-state index contributed by atoms with van der Waals surface area (Å²) in [5, 5.41) is 12.4. The van der Waals surface area contributed by atoms with Gasteiger partial charge in [-0.05, 0) is 35.9 Å². The van der Waals surface area contributed by atoms with Gasteiger partial charge in [0, 0.05) is 44.9 Å². The Morgan fingerprint density at radius 3 is 2.47 bits per heavy atom. The Balaban J connectivity index is 2.15. The zero-order chi connectivity index (χ0) is 23.9. The standard InChI is InChI=1S/C21H26ClN3O6S/c1-24(2)32(29,30)17-7-8-19(23-9-10-26)18(12-17)21(28)31-14-20(27)25(3)13-15-5-4-6-16(22)11-15/h4-8,11-12,23,26H,9-10,13-14H2,1-3H3. The molecule has 9 nitrogen and oxygen atoms in total. The van der Waals surface area contributed by atoms with Gasteiger partial charge in [-0.25, -0.2) is 17.5 Å². The van der Waals surface area contributed by atoms with E-state index in [2.05, 4.69) is 5.32 Å². The number of nitrogens with one attached hydrogen (secondary N) is 1. The van der Waals surface area contributed by atoms with E-state index in [1.807, 2.05) is 6.07 Å². The molecule has 32 heavy (non-hydrogen) atoms. The molecule has 0 spiro atoms. The van der Waals surface area contributed by atoms with Crippen molar-refractivity contribution >= 4 is 39.2 Å². The van der Waals surface area contributed by atoms with Gasteiger partial charge in [0.05, 0.1) is 17.1 Å². The van der Waals surface area contributed by atoms with Crippen LogP contribution in [0.5, 0.6) is 0 Å². The Hall–Kier alpha value is -2.66. The molecule has 0 saturated heterocycles. The fraction of sp³-hybridized carbons (Fsp3) is 0.333. The highest BCUT2D eigenvalue weighted by molar-refractivity contribution is 7.89. The first-order valence-corrected chi connectivity index (χ1v) is 11.4. The molecular formula is C21H26ClN3O6S. The molecule has 0 unspecified atom stereocenters. The van der Waals surface area contributed by atoms with E-state index in [1.165, 1.54) is 37.2 Å². The number of likely N-dealkylation sites (N-methyl/N-ethyl adjacent to an activating group) is 1. The number of ether oxygens (including phenoxy) is 1. The van der Waals surface area contributed by atoms with Gasteiger partial charge in [-0.15, -0.1) is 0 Å². The van der Waals surface area contributed by atoms with Crippen LogP contribution in [-0.2, 0) is 26.1 Å². The molecule has 0 saturated carbocycles. The topological polar surface area (TPSA) is 116 Å². The number of benzene rings is 2. The van der Waals surface area contributed by atoms with Crippen molar-refractivity contribution in [3.8, 4) is 0 Å². The van der Waals surface area contributed by atoms with E-state index in [-0.39, 0.29) is 35.8 Å². The summed E-state index contributed by atoms with van der Waals surface area (Å²) < 4.78 is 31.0. The van der Waals surface area contributed by atoms with Crippen LogP contribution in [0.2, 0.25) is 5.02 Å². The number of aliphatic hydroxyl groups is 1. The highest BCUT2D eigenvalue weighted by Gasteiger charge is 2.23. The van der Waals surface area contributed by atoms with Gasteiger partial charge in [0.1, 0.15) is 0 Å². The predicted octanol–water partition coefficient (Wildman–Crippen LogP) is 1.81. The van der Waals surface area contributed by atoms with Crippen LogP contribution in [0.3, 0.4) is 0 Å². The van der Waals surface area contributed by atoms with Crippen molar-refractivity contribution in [2.75, 3.05) is 46.2 Å². The lowest BCUT2D eigenvalue weighted by atomic mass is 10.2. The van der Waals surface area contributed by atoms with E-state index in [0.717, 1.165) is 9.87 Å². The van der Waals surface area contributed by atoms with Crippen LogP contribution in [0.1, 0.15) is 15.9 Å².